The normalized spacial score (nSPS) is 28.2. The summed E-state index contributed by atoms with van der Waals surface area (Å²) in [4.78, 5) is 11.5. The molecule has 0 aromatic rings. The molecule has 1 N–H and O–H groups in total. The van der Waals surface area contributed by atoms with Crippen molar-refractivity contribution in [1.82, 2.24) is 0 Å². The highest BCUT2D eigenvalue weighted by atomic mass is 16.5. The zero-order valence-corrected chi connectivity index (χ0v) is 10.3. The second-order valence-electron chi connectivity index (χ2n) is 5.70. The minimum Gasteiger partial charge on any atom is -0.467 e. The average molecular weight is 226 g/mol. The van der Waals surface area contributed by atoms with Gasteiger partial charge in [-0.25, -0.2) is 4.79 Å². The second kappa shape index (κ2) is 4.02. The monoisotopic (exact) mass is 226 g/mol. The van der Waals surface area contributed by atoms with Crippen molar-refractivity contribution in [3.05, 3.63) is 0 Å². The van der Waals surface area contributed by atoms with Crippen molar-refractivity contribution in [2.75, 3.05) is 7.11 Å². The van der Waals surface area contributed by atoms with Gasteiger partial charge in [0.25, 0.3) is 0 Å². The Kier molecular flexibility index (Phi) is 2.99. The molecular formula is C13H22O3. The Hall–Kier alpha value is -0.570. The molecule has 0 saturated heterocycles. The number of aliphatic hydroxyl groups excluding tert-OH is 1. The van der Waals surface area contributed by atoms with Gasteiger partial charge in [0, 0.05) is 5.41 Å². The Morgan fingerprint density at radius 3 is 2.19 bits per heavy atom. The number of aliphatic hydroxyl groups is 1. The molecule has 1 unspecified atom stereocenters. The van der Waals surface area contributed by atoms with Crippen molar-refractivity contribution in [2.45, 2.75) is 58.0 Å². The molecule has 0 spiro atoms. The molecule has 0 aliphatic heterocycles. The predicted molar refractivity (Wildman–Crippen MR) is 60.9 cm³/mol. The van der Waals surface area contributed by atoms with Gasteiger partial charge in [-0.3, -0.25) is 0 Å². The van der Waals surface area contributed by atoms with Crippen molar-refractivity contribution in [2.24, 2.45) is 10.8 Å². The van der Waals surface area contributed by atoms with Crippen LogP contribution in [0.15, 0.2) is 0 Å². The van der Waals surface area contributed by atoms with Gasteiger partial charge in [-0.1, -0.05) is 26.2 Å². The zero-order valence-electron chi connectivity index (χ0n) is 10.3. The first-order valence-corrected chi connectivity index (χ1v) is 6.32. The van der Waals surface area contributed by atoms with Gasteiger partial charge < -0.3 is 9.84 Å². The Bertz CT molecular complexity index is 275. The Morgan fingerprint density at radius 1 is 1.19 bits per heavy atom. The first-order valence-electron chi connectivity index (χ1n) is 6.32. The van der Waals surface area contributed by atoms with Gasteiger partial charge in [0.05, 0.1) is 7.11 Å². The molecule has 0 heterocycles. The summed E-state index contributed by atoms with van der Waals surface area (Å²) in [5.74, 6) is -0.454. The molecule has 2 saturated carbocycles. The lowest BCUT2D eigenvalue weighted by Gasteiger charge is -2.43. The standard InChI is InChI=1S/C13H22O3/c1-12(6-4-3-5-7-12)13(8-9-13)10(14)11(15)16-2/h10,14H,3-9H2,1-2H3. The summed E-state index contributed by atoms with van der Waals surface area (Å²) in [6.45, 7) is 2.24. The largest absolute Gasteiger partial charge is 0.467 e. The molecule has 16 heavy (non-hydrogen) atoms. The average Bonchev–Trinajstić information content (AvgIpc) is 3.09. The predicted octanol–water partition coefficient (Wildman–Crippen LogP) is 2.27. The van der Waals surface area contributed by atoms with Crippen molar-refractivity contribution in [1.29, 1.82) is 0 Å². The smallest absolute Gasteiger partial charge is 0.335 e. The van der Waals surface area contributed by atoms with Crippen LogP contribution in [-0.4, -0.2) is 24.3 Å². The van der Waals surface area contributed by atoms with Gasteiger partial charge in [-0.2, -0.15) is 0 Å². The summed E-state index contributed by atoms with van der Waals surface area (Å²) in [7, 11) is 1.35. The number of hydrogen-bond donors (Lipinski definition) is 1. The molecule has 0 radical (unpaired) electrons. The number of methoxy groups -OCH3 is 1. The lowest BCUT2D eigenvalue weighted by Crippen LogP contribution is -2.44. The molecule has 1 atom stereocenters. The van der Waals surface area contributed by atoms with E-state index in [4.69, 9.17) is 0 Å². The van der Waals surface area contributed by atoms with Gasteiger partial charge in [-0.15, -0.1) is 0 Å². The molecule has 3 heteroatoms. The van der Waals surface area contributed by atoms with Crippen LogP contribution in [0.1, 0.15) is 51.9 Å². The fraction of sp³-hybridized carbons (Fsp3) is 0.923. The minimum absolute atomic E-state index is 0.138. The molecule has 2 fully saturated rings. The SMILES string of the molecule is COC(=O)C(O)C1(C2(C)CCCCC2)CC1. The van der Waals surface area contributed by atoms with Gasteiger partial charge in [0.1, 0.15) is 0 Å². The summed E-state index contributed by atoms with van der Waals surface area (Å²) in [6, 6.07) is 0. The first-order chi connectivity index (χ1) is 7.56. The number of rotatable bonds is 3. The highest BCUT2D eigenvalue weighted by Gasteiger charge is 2.62. The molecular weight excluding hydrogens is 204 g/mol. The molecule has 3 nitrogen and oxygen atoms in total. The molecule has 2 aliphatic rings. The summed E-state index contributed by atoms with van der Waals surface area (Å²) < 4.78 is 4.69. The maximum absolute atomic E-state index is 11.5. The van der Waals surface area contributed by atoms with Crippen LogP contribution in [0.3, 0.4) is 0 Å². The molecule has 0 bridgehead atoms. The van der Waals surface area contributed by atoms with E-state index in [1.807, 2.05) is 0 Å². The van der Waals surface area contributed by atoms with Gasteiger partial charge in [0.2, 0.25) is 0 Å². The molecule has 2 rings (SSSR count). The van der Waals surface area contributed by atoms with Crippen LogP contribution >= 0.6 is 0 Å². The Morgan fingerprint density at radius 2 is 1.75 bits per heavy atom. The van der Waals surface area contributed by atoms with Gasteiger partial charge in [0.15, 0.2) is 6.10 Å². The van der Waals surface area contributed by atoms with E-state index in [1.54, 1.807) is 0 Å². The fourth-order valence-electron chi connectivity index (χ4n) is 3.51. The fourth-order valence-corrected chi connectivity index (χ4v) is 3.51. The number of ether oxygens (including phenoxy) is 1. The van der Waals surface area contributed by atoms with Gasteiger partial charge >= 0.3 is 5.97 Å². The van der Waals surface area contributed by atoms with E-state index in [2.05, 4.69) is 11.7 Å². The second-order valence-corrected chi connectivity index (χ2v) is 5.70. The molecule has 2 aliphatic carbocycles. The van der Waals surface area contributed by atoms with Crippen LogP contribution in [0.25, 0.3) is 0 Å². The van der Waals surface area contributed by atoms with E-state index >= 15 is 0 Å². The van der Waals surface area contributed by atoms with Crippen LogP contribution < -0.4 is 0 Å². The number of hydrogen-bond acceptors (Lipinski definition) is 3. The molecule has 0 aromatic heterocycles. The molecule has 0 amide bonds. The van der Waals surface area contributed by atoms with Gasteiger partial charge in [-0.05, 0) is 31.1 Å². The van der Waals surface area contributed by atoms with E-state index in [0.717, 1.165) is 25.7 Å². The summed E-state index contributed by atoms with van der Waals surface area (Å²) in [6.07, 6.45) is 7.06. The van der Waals surface area contributed by atoms with E-state index in [9.17, 15) is 9.90 Å². The van der Waals surface area contributed by atoms with Crippen molar-refractivity contribution in [3.8, 4) is 0 Å². The highest BCUT2D eigenvalue weighted by Crippen LogP contribution is 2.65. The summed E-state index contributed by atoms with van der Waals surface area (Å²) >= 11 is 0. The quantitative estimate of drug-likeness (QED) is 0.751. The zero-order chi connectivity index (χ0) is 11.8. The lowest BCUT2D eigenvalue weighted by molar-refractivity contribution is -0.159. The lowest BCUT2D eigenvalue weighted by atomic mass is 9.63. The minimum atomic E-state index is -0.916. The number of esters is 1. The topological polar surface area (TPSA) is 46.5 Å². The number of carbonyl (C=O) groups excluding carboxylic acids is 1. The third kappa shape index (κ3) is 1.65. The Balaban J connectivity index is 2.15. The highest BCUT2D eigenvalue weighted by molar-refractivity contribution is 5.76. The van der Waals surface area contributed by atoms with Crippen molar-refractivity contribution in [3.63, 3.8) is 0 Å². The first kappa shape index (κ1) is 11.9. The van der Waals surface area contributed by atoms with Crippen molar-refractivity contribution < 1.29 is 14.6 Å². The van der Waals surface area contributed by atoms with Crippen LogP contribution in [0.5, 0.6) is 0 Å². The van der Waals surface area contributed by atoms with E-state index in [0.29, 0.717) is 0 Å². The third-order valence-corrected chi connectivity index (χ3v) is 4.90. The summed E-state index contributed by atoms with van der Waals surface area (Å²) in [5.41, 5.74) is -0.0423. The van der Waals surface area contributed by atoms with Crippen LogP contribution in [0.4, 0.5) is 0 Å². The summed E-state index contributed by atoms with van der Waals surface area (Å²) in [5, 5.41) is 10.2. The molecule has 0 aromatic carbocycles. The van der Waals surface area contributed by atoms with Crippen LogP contribution in [0.2, 0.25) is 0 Å². The number of carbonyl (C=O) groups is 1. The maximum atomic E-state index is 11.5. The van der Waals surface area contributed by atoms with E-state index < -0.39 is 12.1 Å². The van der Waals surface area contributed by atoms with Crippen molar-refractivity contribution >= 4 is 5.97 Å². The third-order valence-electron chi connectivity index (χ3n) is 4.90. The van der Waals surface area contributed by atoms with Crippen LogP contribution in [-0.2, 0) is 9.53 Å². The van der Waals surface area contributed by atoms with E-state index in [1.165, 1.54) is 26.4 Å². The van der Waals surface area contributed by atoms with Crippen LogP contribution in [0, 0.1) is 10.8 Å². The Labute approximate surface area is 97.2 Å². The van der Waals surface area contributed by atoms with E-state index in [-0.39, 0.29) is 10.8 Å². The maximum Gasteiger partial charge on any atom is 0.335 e. The molecule has 92 valence electrons.